The first kappa shape index (κ1) is 9.34. The summed E-state index contributed by atoms with van der Waals surface area (Å²) >= 11 is 5.82. The van der Waals surface area contributed by atoms with Crippen molar-refractivity contribution in [1.82, 2.24) is 4.90 Å². The molecule has 66 valence electrons. The molecule has 1 saturated heterocycles. The minimum atomic E-state index is 0.695. The molecule has 1 aliphatic rings. The molecule has 1 nitrogen and oxygen atoms in total. The maximum absolute atomic E-state index is 5.82. The fourth-order valence-electron chi connectivity index (χ4n) is 1.69. The number of hydrogen-bond acceptors (Lipinski definition) is 1. The minimum Gasteiger partial charge on any atom is -0.301 e. The van der Waals surface area contributed by atoms with Crippen LogP contribution in [0.2, 0.25) is 0 Å². The molecule has 0 aliphatic carbocycles. The molecule has 1 fully saturated rings. The second-order valence-electron chi connectivity index (χ2n) is 3.75. The van der Waals surface area contributed by atoms with Gasteiger partial charge in [0.1, 0.15) is 0 Å². The molecule has 1 atom stereocenters. The second-order valence-corrected chi connectivity index (χ2v) is 4.06. The van der Waals surface area contributed by atoms with E-state index in [4.69, 9.17) is 11.6 Å². The van der Waals surface area contributed by atoms with E-state index in [1.165, 1.54) is 25.9 Å². The average Bonchev–Trinajstić information content (AvgIpc) is 2.05. The molecule has 0 aromatic carbocycles. The lowest BCUT2D eigenvalue weighted by Crippen LogP contribution is -2.40. The van der Waals surface area contributed by atoms with Crippen molar-refractivity contribution in [2.24, 2.45) is 5.92 Å². The number of alkyl halides is 1. The van der Waals surface area contributed by atoms with E-state index >= 15 is 0 Å². The zero-order valence-corrected chi connectivity index (χ0v) is 8.27. The molecule has 0 radical (unpaired) electrons. The highest BCUT2D eigenvalue weighted by molar-refractivity contribution is 6.18. The van der Waals surface area contributed by atoms with E-state index in [9.17, 15) is 0 Å². The van der Waals surface area contributed by atoms with E-state index in [0.29, 0.717) is 6.04 Å². The largest absolute Gasteiger partial charge is 0.301 e. The molecule has 1 heterocycles. The molecular formula is C9H18ClN. The van der Waals surface area contributed by atoms with Crippen LogP contribution in [0.1, 0.15) is 26.7 Å². The van der Waals surface area contributed by atoms with Gasteiger partial charge in [0.15, 0.2) is 0 Å². The first-order chi connectivity index (χ1) is 5.24. The van der Waals surface area contributed by atoms with E-state index in [-0.39, 0.29) is 0 Å². The maximum atomic E-state index is 5.82. The minimum absolute atomic E-state index is 0.695. The molecule has 0 aromatic rings. The van der Waals surface area contributed by atoms with Crippen molar-refractivity contribution in [3.63, 3.8) is 0 Å². The van der Waals surface area contributed by atoms with Crippen molar-refractivity contribution in [2.45, 2.75) is 32.7 Å². The number of likely N-dealkylation sites (tertiary alicyclic amines) is 1. The van der Waals surface area contributed by atoms with E-state index in [2.05, 4.69) is 18.7 Å². The zero-order chi connectivity index (χ0) is 8.27. The standard InChI is InChI=1S/C9H18ClN/c1-8(2)11-5-3-4-9(6-10)7-11/h8-9H,3-7H2,1-2H3/t9-/m0/s1. The van der Waals surface area contributed by atoms with Gasteiger partial charge in [0.05, 0.1) is 0 Å². The molecule has 0 aromatic heterocycles. The lowest BCUT2D eigenvalue weighted by molar-refractivity contribution is 0.149. The highest BCUT2D eigenvalue weighted by Crippen LogP contribution is 2.18. The lowest BCUT2D eigenvalue weighted by Gasteiger charge is -2.34. The van der Waals surface area contributed by atoms with Crippen molar-refractivity contribution in [2.75, 3.05) is 19.0 Å². The van der Waals surface area contributed by atoms with Gasteiger partial charge in [-0.1, -0.05) is 0 Å². The Morgan fingerprint density at radius 2 is 2.27 bits per heavy atom. The van der Waals surface area contributed by atoms with Crippen LogP contribution < -0.4 is 0 Å². The predicted octanol–water partition coefficient (Wildman–Crippen LogP) is 2.35. The van der Waals surface area contributed by atoms with Crippen LogP contribution in [-0.2, 0) is 0 Å². The Hall–Kier alpha value is 0.250. The van der Waals surface area contributed by atoms with Crippen LogP contribution in [0, 0.1) is 5.92 Å². The van der Waals surface area contributed by atoms with Gasteiger partial charge in [-0.25, -0.2) is 0 Å². The first-order valence-electron chi connectivity index (χ1n) is 4.54. The molecule has 11 heavy (non-hydrogen) atoms. The molecule has 0 spiro atoms. The number of piperidine rings is 1. The van der Waals surface area contributed by atoms with Gasteiger partial charge in [0.25, 0.3) is 0 Å². The van der Waals surface area contributed by atoms with Gasteiger partial charge in [0, 0.05) is 18.5 Å². The number of nitrogens with zero attached hydrogens (tertiary/aromatic N) is 1. The number of hydrogen-bond donors (Lipinski definition) is 0. The normalized spacial score (nSPS) is 27.8. The van der Waals surface area contributed by atoms with E-state index in [1.54, 1.807) is 0 Å². The van der Waals surface area contributed by atoms with Crippen molar-refractivity contribution in [1.29, 1.82) is 0 Å². The smallest absolute Gasteiger partial charge is 0.0263 e. The monoisotopic (exact) mass is 175 g/mol. The van der Waals surface area contributed by atoms with Crippen LogP contribution in [0.3, 0.4) is 0 Å². The maximum Gasteiger partial charge on any atom is 0.0263 e. The first-order valence-corrected chi connectivity index (χ1v) is 5.07. The molecule has 0 amide bonds. The Morgan fingerprint density at radius 3 is 2.82 bits per heavy atom. The van der Waals surface area contributed by atoms with Crippen LogP contribution >= 0.6 is 11.6 Å². The van der Waals surface area contributed by atoms with E-state index in [1.807, 2.05) is 0 Å². The Kier molecular flexibility index (Phi) is 3.67. The highest BCUT2D eigenvalue weighted by Gasteiger charge is 2.20. The van der Waals surface area contributed by atoms with Crippen LogP contribution in [0.25, 0.3) is 0 Å². The van der Waals surface area contributed by atoms with Crippen LogP contribution in [0.15, 0.2) is 0 Å². The van der Waals surface area contributed by atoms with Crippen LogP contribution in [0.5, 0.6) is 0 Å². The van der Waals surface area contributed by atoms with Crippen molar-refractivity contribution < 1.29 is 0 Å². The fraction of sp³-hybridized carbons (Fsp3) is 1.00. The molecule has 0 saturated carbocycles. The summed E-state index contributed by atoms with van der Waals surface area (Å²) in [5.74, 6) is 1.58. The van der Waals surface area contributed by atoms with E-state index < -0.39 is 0 Å². The summed E-state index contributed by atoms with van der Waals surface area (Å²) in [4.78, 5) is 2.52. The topological polar surface area (TPSA) is 3.24 Å². The predicted molar refractivity (Wildman–Crippen MR) is 50.2 cm³/mol. The molecule has 2 heteroatoms. The SMILES string of the molecule is CC(C)N1CCC[C@@H](CCl)C1. The molecular weight excluding hydrogens is 158 g/mol. The summed E-state index contributed by atoms with van der Waals surface area (Å²) < 4.78 is 0. The number of halogens is 1. The zero-order valence-electron chi connectivity index (χ0n) is 7.52. The Bertz CT molecular complexity index is 114. The van der Waals surface area contributed by atoms with Crippen molar-refractivity contribution >= 4 is 11.6 Å². The Balaban J connectivity index is 2.33. The average molecular weight is 176 g/mol. The van der Waals surface area contributed by atoms with Gasteiger partial charge in [-0.15, -0.1) is 11.6 Å². The quantitative estimate of drug-likeness (QED) is 0.583. The highest BCUT2D eigenvalue weighted by atomic mass is 35.5. The third-order valence-electron chi connectivity index (χ3n) is 2.50. The third-order valence-corrected chi connectivity index (χ3v) is 2.94. The Morgan fingerprint density at radius 1 is 1.55 bits per heavy atom. The third kappa shape index (κ3) is 2.64. The fourth-order valence-corrected chi connectivity index (χ4v) is 1.94. The van der Waals surface area contributed by atoms with Gasteiger partial charge in [-0.2, -0.15) is 0 Å². The van der Waals surface area contributed by atoms with Crippen LogP contribution in [-0.4, -0.2) is 29.9 Å². The lowest BCUT2D eigenvalue weighted by atomic mass is 9.99. The van der Waals surface area contributed by atoms with Crippen LogP contribution in [0.4, 0.5) is 0 Å². The summed E-state index contributed by atoms with van der Waals surface area (Å²) in [6, 6.07) is 0.695. The molecule has 1 aliphatic heterocycles. The van der Waals surface area contributed by atoms with Gasteiger partial charge < -0.3 is 4.90 Å². The summed E-state index contributed by atoms with van der Waals surface area (Å²) in [6.45, 7) is 7.00. The molecule has 0 N–H and O–H groups in total. The molecule has 0 unspecified atom stereocenters. The summed E-state index contributed by atoms with van der Waals surface area (Å²) in [7, 11) is 0. The van der Waals surface area contributed by atoms with Gasteiger partial charge in [-0.3, -0.25) is 0 Å². The molecule has 0 bridgehead atoms. The van der Waals surface area contributed by atoms with Crippen molar-refractivity contribution in [3.8, 4) is 0 Å². The summed E-state index contributed by atoms with van der Waals surface area (Å²) in [5.41, 5.74) is 0. The Labute approximate surface area is 74.7 Å². The van der Waals surface area contributed by atoms with Gasteiger partial charge in [-0.05, 0) is 39.2 Å². The van der Waals surface area contributed by atoms with E-state index in [0.717, 1.165) is 11.8 Å². The summed E-state index contributed by atoms with van der Waals surface area (Å²) in [5, 5.41) is 0. The summed E-state index contributed by atoms with van der Waals surface area (Å²) in [6.07, 6.45) is 2.66. The van der Waals surface area contributed by atoms with Gasteiger partial charge in [0.2, 0.25) is 0 Å². The van der Waals surface area contributed by atoms with Gasteiger partial charge >= 0.3 is 0 Å². The van der Waals surface area contributed by atoms with Crippen molar-refractivity contribution in [3.05, 3.63) is 0 Å². The second kappa shape index (κ2) is 4.32. The molecule has 1 rings (SSSR count). The number of rotatable bonds is 2.